The Bertz CT molecular complexity index is 501. The Labute approximate surface area is 113 Å². The maximum absolute atomic E-state index is 12.6. The second-order valence-corrected chi connectivity index (χ2v) is 5.58. The van der Waals surface area contributed by atoms with Crippen LogP contribution in [0, 0.1) is 12.8 Å². The summed E-state index contributed by atoms with van der Waals surface area (Å²) in [5.41, 5.74) is 7.97. The molecule has 2 N–H and O–H groups in total. The maximum Gasteiger partial charge on any atom is 0.230 e. The third kappa shape index (κ3) is 2.32. The lowest BCUT2D eigenvalue weighted by Gasteiger charge is -2.31. The number of nitrogens with zero attached hydrogens (tertiary/aromatic N) is 1. The lowest BCUT2D eigenvalue weighted by atomic mass is 10.0. The molecule has 1 heterocycles. The molecule has 1 aliphatic carbocycles. The first-order valence-electron chi connectivity index (χ1n) is 6.95. The van der Waals surface area contributed by atoms with E-state index in [0.29, 0.717) is 13.2 Å². The van der Waals surface area contributed by atoms with Crippen molar-refractivity contribution < 1.29 is 9.53 Å². The van der Waals surface area contributed by atoms with E-state index in [0.717, 1.165) is 36.3 Å². The van der Waals surface area contributed by atoms with Crippen LogP contribution in [0.15, 0.2) is 18.2 Å². The molecule has 1 saturated carbocycles. The molecule has 4 heteroatoms. The number of ether oxygens (including phenoxy) is 1. The number of rotatable bonds is 1. The molecule has 0 saturated heterocycles. The first kappa shape index (κ1) is 12.5. The van der Waals surface area contributed by atoms with Crippen molar-refractivity contribution in [2.24, 2.45) is 11.7 Å². The standard InChI is InChI=1S/C15H20N2O2/c1-10-2-5-13-14(8-10)19-7-6-17(13)15(18)11-3-4-12(16)9-11/h2,5,8,11-12H,3-4,6-7,9,16H2,1H3. The molecule has 1 aromatic carbocycles. The van der Waals surface area contributed by atoms with Crippen molar-refractivity contribution in [2.75, 3.05) is 18.1 Å². The van der Waals surface area contributed by atoms with Crippen LogP contribution in [0.4, 0.5) is 5.69 Å². The van der Waals surface area contributed by atoms with E-state index in [4.69, 9.17) is 10.5 Å². The topological polar surface area (TPSA) is 55.6 Å². The largest absolute Gasteiger partial charge is 0.490 e. The van der Waals surface area contributed by atoms with Crippen LogP contribution in [0.3, 0.4) is 0 Å². The number of anilines is 1. The van der Waals surface area contributed by atoms with Gasteiger partial charge in [0.05, 0.1) is 12.2 Å². The van der Waals surface area contributed by atoms with Crippen molar-refractivity contribution in [3.05, 3.63) is 23.8 Å². The number of carbonyl (C=O) groups is 1. The number of fused-ring (bicyclic) bond motifs is 1. The minimum atomic E-state index is 0.0854. The fourth-order valence-electron chi connectivity index (χ4n) is 3.02. The van der Waals surface area contributed by atoms with E-state index in [1.54, 1.807) is 0 Å². The van der Waals surface area contributed by atoms with Crippen LogP contribution in [0.25, 0.3) is 0 Å². The van der Waals surface area contributed by atoms with Gasteiger partial charge in [0.1, 0.15) is 12.4 Å². The number of carbonyl (C=O) groups excluding carboxylic acids is 1. The molecule has 2 aliphatic rings. The molecule has 1 aliphatic heterocycles. The Morgan fingerprint density at radius 1 is 1.42 bits per heavy atom. The fourth-order valence-corrected chi connectivity index (χ4v) is 3.02. The zero-order valence-corrected chi connectivity index (χ0v) is 11.3. The zero-order valence-electron chi connectivity index (χ0n) is 11.3. The molecule has 4 nitrogen and oxygen atoms in total. The molecule has 102 valence electrons. The number of hydrogen-bond acceptors (Lipinski definition) is 3. The van der Waals surface area contributed by atoms with Crippen molar-refractivity contribution in [3.8, 4) is 5.75 Å². The van der Waals surface area contributed by atoms with Gasteiger partial charge in [-0.2, -0.15) is 0 Å². The van der Waals surface area contributed by atoms with Gasteiger partial charge in [-0.05, 0) is 43.9 Å². The van der Waals surface area contributed by atoms with Crippen LogP contribution < -0.4 is 15.4 Å². The Hall–Kier alpha value is -1.55. The maximum atomic E-state index is 12.6. The van der Waals surface area contributed by atoms with Gasteiger partial charge in [-0.25, -0.2) is 0 Å². The Morgan fingerprint density at radius 3 is 3.00 bits per heavy atom. The van der Waals surface area contributed by atoms with Crippen LogP contribution in [0.1, 0.15) is 24.8 Å². The van der Waals surface area contributed by atoms with Gasteiger partial charge in [-0.15, -0.1) is 0 Å². The average Bonchev–Trinajstić information content (AvgIpc) is 2.83. The Kier molecular flexibility index (Phi) is 3.19. The van der Waals surface area contributed by atoms with E-state index in [-0.39, 0.29) is 17.9 Å². The lowest BCUT2D eigenvalue weighted by molar-refractivity contribution is -0.122. The number of hydrogen-bond donors (Lipinski definition) is 1. The van der Waals surface area contributed by atoms with E-state index in [1.165, 1.54) is 0 Å². The fraction of sp³-hybridized carbons (Fsp3) is 0.533. The van der Waals surface area contributed by atoms with Gasteiger partial charge >= 0.3 is 0 Å². The minimum absolute atomic E-state index is 0.0854. The highest BCUT2D eigenvalue weighted by atomic mass is 16.5. The molecule has 19 heavy (non-hydrogen) atoms. The predicted octanol–water partition coefficient (Wildman–Crippen LogP) is 1.85. The molecule has 0 spiro atoms. The highest BCUT2D eigenvalue weighted by molar-refractivity contribution is 5.97. The average molecular weight is 260 g/mol. The van der Waals surface area contributed by atoms with E-state index >= 15 is 0 Å². The van der Waals surface area contributed by atoms with Crippen LogP contribution in [-0.4, -0.2) is 25.1 Å². The monoisotopic (exact) mass is 260 g/mol. The van der Waals surface area contributed by atoms with Gasteiger partial charge in [-0.3, -0.25) is 4.79 Å². The van der Waals surface area contributed by atoms with E-state index < -0.39 is 0 Å². The zero-order chi connectivity index (χ0) is 13.4. The van der Waals surface area contributed by atoms with Gasteiger partial charge < -0.3 is 15.4 Å². The second kappa shape index (κ2) is 4.85. The third-order valence-corrected chi connectivity index (χ3v) is 4.07. The highest BCUT2D eigenvalue weighted by Crippen LogP contribution is 2.35. The first-order valence-corrected chi connectivity index (χ1v) is 6.95. The smallest absolute Gasteiger partial charge is 0.230 e. The Balaban J connectivity index is 1.85. The first-order chi connectivity index (χ1) is 9.15. The van der Waals surface area contributed by atoms with Crippen molar-refractivity contribution in [2.45, 2.75) is 32.2 Å². The molecule has 0 radical (unpaired) electrons. The number of aryl methyl sites for hydroxylation is 1. The summed E-state index contributed by atoms with van der Waals surface area (Å²) in [6, 6.07) is 6.19. The van der Waals surface area contributed by atoms with Crippen LogP contribution in [0.2, 0.25) is 0 Å². The van der Waals surface area contributed by atoms with Crippen LogP contribution in [0.5, 0.6) is 5.75 Å². The summed E-state index contributed by atoms with van der Waals surface area (Å²) in [6.45, 7) is 3.24. The molecule has 0 bridgehead atoms. The van der Waals surface area contributed by atoms with Crippen molar-refractivity contribution >= 4 is 11.6 Å². The third-order valence-electron chi connectivity index (χ3n) is 4.07. The molecular formula is C15H20N2O2. The predicted molar refractivity (Wildman–Crippen MR) is 74.3 cm³/mol. The molecule has 2 atom stereocenters. The van der Waals surface area contributed by atoms with Crippen LogP contribution in [-0.2, 0) is 4.79 Å². The van der Waals surface area contributed by atoms with Crippen molar-refractivity contribution in [1.82, 2.24) is 0 Å². The molecule has 1 aromatic rings. The summed E-state index contributed by atoms with van der Waals surface area (Å²) in [7, 11) is 0. The van der Waals surface area contributed by atoms with E-state index in [1.807, 2.05) is 30.0 Å². The molecular weight excluding hydrogens is 240 g/mol. The summed E-state index contributed by atoms with van der Waals surface area (Å²) >= 11 is 0. The van der Waals surface area contributed by atoms with Gasteiger partial charge in [0.25, 0.3) is 0 Å². The molecule has 0 aromatic heterocycles. The highest BCUT2D eigenvalue weighted by Gasteiger charge is 2.33. The van der Waals surface area contributed by atoms with E-state index in [2.05, 4.69) is 0 Å². The summed E-state index contributed by atoms with van der Waals surface area (Å²) in [4.78, 5) is 14.5. The van der Waals surface area contributed by atoms with E-state index in [9.17, 15) is 4.79 Å². The normalized spacial score (nSPS) is 25.9. The number of benzene rings is 1. The van der Waals surface area contributed by atoms with Crippen molar-refractivity contribution in [3.63, 3.8) is 0 Å². The molecule has 3 rings (SSSR count). The van der Waals surface area contributed by atoms with Crippen molar-refractivity contribution in [1.29, 1.82) is 0 Å². The van der Waals surface area contributed by atoms with Gasteiger partial charge in [0, 0.05) is 12.0 Å². The second-order valence-electron chi connectivity index (χ2n) is 5.58. The molecule has 1 amide bonds. The van der Waals surface area contributed by atoms with Gasteiger partial charge in [-0.1, -0.05) is 6.07 Å². The summed E-state index contributed by atoms with van der Waals surface area (Å²) < 4.78 is 5.65. The summed E-state index contributed by atoms with van der Waals surface area (Å²) in [6.07, 6.45) is 2.69. The summed E-state index contributed by atoms with van der Waals surface area (Å²) in [5, 5.41) is 0. The lowest BCUT2D eigenvalue weighted by Crippen LogP contribution is -2.41. The SMILES string of the molecule is Cc1ccc2c(c1)OCCN2C(=O)C1CCC(N)C1. The van der Waals surface area contributed by atoms with Gasteiger partial charge in [0.15, 0.2) is 0 Å². The molecule has 1 fully saturated rings. The Morgan fingerprint density at radius 2 is 2.26 bits per heavy atom. The quantitative estimate of drug-likeness (QED) is 0.838. The summed E-state index contributed by atoms with van der Waals surface area (Å²) in [5.74, 6) is 1.12. The van der Waals surface area contributed by atoms with Crippen LogP contribution >= 0.6 is 0 Å². The van der Waals surface area contributed by atoms with Gasteiger partial charge in [0.2, 0.25) is 5.91 Å². The number of amides is 1. The molecule has 2 unspecified atom stereocenters. The number of nitrogens with two attached hydrogens (primary N) is 1. The minimum Gasteiger partial charge on any atom is -0.490 e.